The first-order chi connectivity index (χ1) is 7.02. The number of rotatable bonds is 1. The molecule has 0 aliphatic heterocycles. The van der Waals surface area contributed by atoms with Gasteiger partial charge in [0.2, 0.25) is 0 Å². The van der Waals surface area contributed by atoms with E-state index in [1.54, 1.807) is 6.07 Å². The number of fused-ring (bicyclic) bond motifs is 1. The molecular formula is C10H8F3NO. The molecule has 1 aromatic heterocycles. The monoisotopic (exact) mass is 215 g/mol. The average Bonchev–Trinajstić information content (AvgIpc) is 2.57. The zero-order valence-corrected chi connectivity index (χ0v) is 7.64. The smallest absolute Gasteiger partial charge is 0.420 e. The zero-order valence-electron chi connectivity index (χ0n) is 7.64. The van der Waals surface area contributed by atoms with Crippen molar-refractivity contribution in [1.29, 1.82) is 0 Å². The lowest BCUT2D eigenvalue weighted by atomic mass is 10.1. The van der Waals surface area contributed by atoms with Crippen LogP contribution in [0.15, 0.2) is 28.7 Å². The average molecular weight is 215 g/mol. The molecule has 0 amide bonds. The van der Waals surface area contributed by atoms with Crippen molar-refractivity contribution in [2.45, 2.75) is 12.7 Å². The molecule has 2 aromatic rings. The lowest BCUT2D eigenvalue weighted by molar-refractivity contribution is -0.136. The van der Waals surface area contributed by atoms with Crippen LogP contribution < -0.4 is 5.73 Å². The Bertz CT molecular complexity index is 487. The topological polar surface area (TPSA) is 39.2 Å². The minimum Gasteiger partial charge on any atom is -0.459 e. The minimum absolute atomic E-state index is 0.0893. The number of para-hydroxylation sites is 1. The first-order valence-electron chi connectivity index (χ1n) is 4.31. The molecule has 0 saturated heterocycles. The van der Waals surface area contributed by atoms with Gasteiger partial charge in [0.25, 0.3) is 0 Å². The van der Waals surface area contributed by atoms with Crippen LogP contribution in [0.3, 0.4) is 0 Å². The van der Waals surface area contributed by atoms with Gasteiger partial charge in [-0.15, -0.1) is 0 Å². The van der Waals surface area contributed by atoms with Crippen LogP contribution >= 0.6 is 0 Å². The van der Waals surface area contributed by atoms with Gasteiger partial charge in [-0.05, 0) is 12.1 Å². The van der Waals surface area contributed by atoms with E-state index in [1.165, 1.54) is 12.1 Å². The van der Waals surface area contributed by atoms with Gasteiger partial charge in [0.15, 0.2) is 0 Å². The van der Waals surface area contributed by atoms with E-state index in [4.69, 9.17) is 10.2 Å². The van der Waals surface area contributed by atoms with E-state index in [0.29, 0.717) is 11.1 Å². The molecule has 2 nitrogen and oxygen atoms in total. The van der Waals surface area contributed by atoms with Crippen LogP contribution in [0.4, 0.5) is 13.2 Å². The predicted molar refractivity (Wildman–Crippen MR) is 49.1 cm³/mol. The lowest BCUT2D eigenvalue weighted by Crippen LogP contribution is -2.04. The third-order valence-corrected chi connectivity index (χ3v) is 2.10. The second-order valence-electron chi connectivity index (χ2n) is 3.14. The van der Waals surface area contributed by atoms with Gasteiger partial charge in [0.05, 0.1) is 12.1 Å². The first-order valence-corrected chi connectivity index (χ1v) is 4.31. The summed E-state index contributed by atoms with van der Waals surface area (Å²) < 4.78 is 42.6. The van der Waals surface area contributed by atoms with Crippen molar-refractivity contribution in [3.8, 4) is 0 Å². The molecule has 1 heterocycles. The summed E-state index contributed by atoms with van der Waals surface area (Å²) in [6.07, 6.45) is -4.40. The summed E-state index contributed by atoms with van der Waals surface area (Å²) in [5.74, 6) is 0.349. The van der Waals surface area contributed by atoms with E-state index >= 15 is 0 Å². The number of nitrogens with two attached hydrogens (primary N) is 1. The number of alkyl halides is 3. The Hall–Kier alpha value is -1.49. The highest BCUT2D eigenvalue weighted by Crippen LogP contribution is 2.35. The number of furan rings is 1. The molecule has 80 valence electrons. The first kappa shape index (κ1) is 10.0. The van der Waals surface area contributed by atoms with Gasteiger partial charge in [0, 0.05) is 5.39 Å². The molecule has 0 unspecified atom stereocenters. The molecular weight excluding hydrogens is 207 g/mol. The summed E-state index contributed by atoms with van der Waals surface area (Å²) in [5, 5.41) is 0.422. The molecule has 5 heteroatoms. The summed E-state index contributed by atoms with van der Waals surface area (Å²) in [6, 6.07) is 5.42. The molecule has 0 fully saturated rings. The summed E-state index contributed by atoms with van der Waals surface area (Å²) in [6.45, 7) is 0.0893. The van der Waals surface area contributed by atoms with E-state index in [-0.39, 0.29) is 12.1 Å². The van der Waals surface area contributed by atoms with E-state index in [1.807, 2.05) is 0 Å². The highest BCUT2D eigenvalue weighted by molar-refractivity contribution is 5.81. The molecule has 0 saturated carbocycles. The number of hydrogen-bond donors (Lipinski definition) is 1. The fraction of sp³-hybridized carbons (Fsp3) is 0.200. The highest BCUT2D eigenvalue weighted by atomic mass is 19.4. The maximum absolute atomic E-state index is 12.5. The van der Waals surface area contributed by atoms with Crippen molar-refractivity contribution in [1.82, 2.24) is 0 Å². The predicted octanol–water partition coefficient (Wildman–Crippen LogP) is 2.91. The Labute approximate surface area is 83.5 Å². The SMILES string of the molecule is NCc1cc2cccc(C(F)(F)F)c2o1. The van der Waals surface area contributed by atoms with Crippen molar-refractivity contribution in [3.63, 3.8) is 0 Å². The standard InChI is InChI=1S/C10H8F3NO/c11-10(12,13)8-3-1-2-6-4-7(5-14)15-9(6)8/h1-4H,5,14H2. The van der Waals surface area contributed by atoms with Gasteiger partial charge >= 0.3 is 6.18 Å². The summed E-state index contributed by atoms with van der Waals surface area (Å²) in [5.41, 5.74) is 4.39. The fourth-order valence-electron chi connectivity index (χ4n) is 1.44. The largest absolute Gasteiger partial charge is 0.459 e. The van der Waals surface area contributed by atoms with Crippen LogP contribution in [0.2, 0.25) is 0 Å². The highest BCUT2D eigenvalue weighted by Gasteiger charge is 2.34. The van der Waals surface area contributed by atoms with E-state index in [0.717, 1.165) is 6.07 Å². The van der Waals surface area contributed by atoms with Gasteiger partial charge < -0.3 is 10.2 Å². The quantitative estimate of drug-likeness (QED) is 0.794. The minimum atomic E-state index is -4.40. The Morgan fingerprint density at radius 1 is 1.27 bits per heavy atom. The van der Waals surface area contributed by atoms with E-state index < -0.39 is 11.7 Å². The number of hydrogen-bond acceptors (Lipinski definition) is 2. The van der Waals surface area contributed by atoms with Gasteiger partial charge in [0.1, 0.15) is 11.3 Å². The second kappa shape index (κ2) is 3.27. The number of halogens is 3. The summed E-state index contributed by atoms with van der Waals surface area (Å²) in [4.78, 5) is 0. The molecule has 0 radical (unpaired) electrons. The van der Waals surface area contributed by atoms with Crippen molar-refractivity contribution in [2.75, 3.05) is 0 Å². The number of benzene rings is 1. The summed E-state index contributed by atoms with van der Waals surface area (Å²) in [7, 11) is 0. The van der Waals surface area contributed by atoms with Crippen molar-refractivity contribution in [3.05, 3.63) is 35.6 Å². The Morgan fingerprint density at radius 2 is 2.00 bits per heavy atom. The third-order valence-electron chi connectivity index (χ3n) is 2.10. The Kier molecular flexibility index (Phi) is 2.19. The van der Waals surface area contributed by atoms with Crippen LogP contribution in [-0.4, -0.2) is 0 Å². The van der Waals surface area contributed by atoms with Crippen LogP contribution in [0.1, 0.15) is 11.3 Å². The molecule has 0 aliphatic carbocycles. The Morgan fingerprint density at radius 3 is 2.60 bits per heavy atom. The lowest BCUT2D eigenvalue weighted by Gasteiger charge is -2.05. The second-order valence-corrected chi connectivity index (χ2v) is 3.14. The van der Waals surface area contributed by atoms with Crippen molar-refractivity contribution in [2.24, 2.45) is 5.73 Å². The van der Waals surface area contributed by atoms with Crippen molar-refractivity contribution >= 4 is 11.0 Å². The normalized spacial score (nSPS) is 12.3. The maximum atomic E-state index is 12.5. The van der Waals surface area contributed by atoms with Gasteiger partial charge in [-0.3, -0.25) is 0 Å². The maximum Gasteiger partial charge on any atom is 0.420 e. The fourth-order valence-corrected chi connectivity index (χ4v) is 1.44. The van der Waals surface area contributed by atoms with Crippen LogP contribution in [-0.2, 0) is 12.7 Å². The summed E-state index contributed by atoms with van der Waals surface area (Å²) >= 11 is 0. The molecule has 1 aromatic carbocycles. The van der Waals surface area contributed by atoms with Gasteiger partial charge in [-0.1, -0.05) is 12.1 Å². The molecule has 0 spiro atoms. The van der Waals surface area contributed by atoms with Gasteiger partial charge in [-0.25, -0.2) is 0 Å². The third kappa shape index (κ3) is 1.70. The molecule has 0 atom stereocenters. The van der Waals surface area contributed by atoms with Crippen LogP contribution in [0, 0.1) is 0 Å². The molecule has 2 N–H and O–H groups in total. The molecule has 0 aliphatic rings. The van der Waals surface area contributed by atoms with E-state index in [2.05, 4.69) is 0 Å². The Balaban J connectivity index is 2.70. The van der Waals surface area contributed by atoms with Crippen molar-refractivity contribution < 1.29 is 17.6 Å². The van der Waals surface area contributed by atoms with E-state index in [9.17, 15) is 13.2 Å². The molecule has 15 heavy (non-hydrogen) atoms. The molecule has 0 bridgehead atoms. The van der Waals surface area contributed by atoms with Gasteiger partial charge in [-0.2, -0.15) is 13.2 Å². The van der Waals surface area contributed by atoms with Crippen LogP contribution in [0.5, 0.6) is 0 Å². The van der Waals surface area contributed by atoms with Crippen LogP contribution in [0.25, 0.3) is 11.0 Å². The zero-order chi connectivity index (χ0) is 11.1. The molecule has 2 rings (SSSR count).